The second-order valence-electron chi connectivity index (χ2n) is 10.4. The molecule has 0 saturated carbocycles. The molecule has 0 radical (unpaired) electrons. The summed E-state index contributed by atoms with van der Waals surface area (Å²) in [5.41, 5.74) is 9.61. The standard InChI is InChI=1S/C28H37FN4O3S/c1-5-37(35,36)33-10-8-20(9-11-33)25-16-32-27-23(25)13-21(14-24(27)28(30)34)22-12-19(6-7-26(22)29)15-31-18(4)17(2)3/h6-7,12-14,16-18,20,31-32H,5,8-11,15H2,1-4H3,(H2,30,34)/t18-/m1/s1. The Labute approximate surface area is 218 Å². The molecular weight excluding hydrogens is 491 g/mol. The quantitative estimate of drug-likeness (QED) is 0.373. The number of aromatic amines is 1. The van der Waals surface area contributed by atoms with E-state index >= 15 is 4.39 Å². The van der Waals surface area contributed by atoms with Crippen molar-refractivity contribution in [3.05, 3.63) is 59.0 Å². The van der Waals surface area contributed by atoms with Crippen molar-refractivity contribution in [1.82, 2.24) is 14.6 Å². The van der Waals surface area contributed by atoms with Crippen molar-refractivity contribution in [3.8, 4) is 11.1 Å². The van der Waals surface area contributed by atoms with E-state index < -0.39 is 15.9 Å². The average molecular weight is 529 g/mol. The van der Waals surface area contributed by atoms with Gasteiger partial charge in [-0.2, -0.15) is 0 Å². The number of carbonyl (C=O) groups excluding carboxylic acids is 1. The predicted octanol–water partition coefficient (Wildman–Crippen LogP) is 4.74. The zero-order valence-electron chi connectivity index (χ0n) is 22.0. The first-order valence-corrected chi connectivity index (χ1v) is 14.6. The van der Waals surface area contributed by atoms with Gasteiger partial charge in [0.2, 0.25) is 10.0 Å². The van der Waals surface area contributed by atoms with Crippen LogP contribution in [0.3, 0.4) is 0 Å². The maximum Gasteiger partial charge on any atom is 0.250 e. The SMILES string of the molecule is CCS(=O)(=O)N1CCC(c2c[nH]c3c(C(N)=O)cc(-c4cc(CN[C@H](C)C(C)C)ccc4F)cc23)CC1. The van der Waals surface area contributed by atoms with E-state index in [1.165, 1.54) is 6.07 Å². The highest BCUT2D eigenvalue weighted by Gasteiger charge is 2.29. The molecule has 1 amide bonds. The molecule has 4 rings (SSSR count). The maximum atomic E-state index is 15.1. The van der Waals surface area contributed by atoms with Crippen molar-refractivity contribution in [2.24, 2.45) is 11.7 Å². The van der Waals surface area contributed by atoms with Gasteiger partial charge in [0.15, 0.2) is 0 Å². The topological polar surface area (TPSA) is 108 Å². The van der Waals surface area contributed by atoms with E-state index in [4.69, 9.17) is 5.73 Å². The number of rotatable bonds is 9. The Morgan fingerprint density at radius 2 is 1.89 bits per heavy atom. The van der Waals surface area contributed by atoms with Crippen LogP contribution in [0.25, 0.3) is 22.0 Å². The van der Waals surface area contributed by atoms with Crippen LogP contribution in [-0.2, 0) is 16.6 Å². The van der Waals surface area contributed by atoms with Crippen molar-refractivity contribution in [3.63, 3.8) is 0 Å². The van der Waals surface area contributed by atoms with Crippen molar-refractivity contribution in [2.45, 2.75) is 59.0 Å². The summed E-state index contributed by atoms with van der Waals surface area (Å²) in [6.07, 6.45) is 3.22. The van der Waals surface area contributed by atoms with Gasteiger partial charge in [0.05, 0.1) is 16.8 Å². The Morgan fingerprint density at radius 3 is 2.51 bits per heavy atom. The Morgan fingerprint density at radius 1 is 1.19 bits per heavy atom. The molecule has 0 spiro atoms. The van der Waals surface area contributed by atoms with Crippen LogP contribution in [0, 0.1) is 11.7 Å². The van der Waals surface area contributed by atoms with Crippen LogP contribution in [-0.4, -0.2) is 48.5 Å². The number of nitrogens with one attached hydrogen (secondary N) is 2. The predicted molar refractivity (Wildman–Crippen MR) is 146 cm³/mol. The maximum absolute atomic E-state index is 15.1. The fraction of sp³-hybridized carbons (Fsp3) is 0.464. The fourth-order valence-electron chi connectivity index (χ4n) is 4.99. The number of sulfonamides is 1. The van der Waals surface area contributed by atoms with Crippen molar-refractivity contribution < 1.29 is 17.6 Å². The summed E-state index contributed by atoms with van der Waals surface area (Å²) in [5.74, 6) is -0.280. The third-order valence-corrected chi connectivity index (χ3v) is 9.59. The van der Waals surface area contributed by atoms with Crippen LogP contribution >= 0.6 is 0 Å². The average Bonchev–Trinajstić information content (AvgIpc) is 3.31. The lowest BCUT2D eigenvalue weighted by atomic mass is 9.88. The van der Waals surface area contributed by atoms with Crippen LogP contribution < -0.4 is 11.1 Å². The second kappa shape index (κ2) is 10.9. The highest BCUT2D eigenvalue weighted by atomic mass is 32.2. The lowest BCUT2D eigenvalue weighted by Crippen LogP contribution is -2.38. The molecule has 4 N–H and O–H groups in total. The number of hydrogen-bond donors (Lipinski definition) is 3. The first kappa shape index (κ1) is 27.3. The van der Waals surface area contributed by atoms with Gasteiger partial charge in [-0.15, -0.1) is 0 Å². The van der Waals surface area contributed by atoms with Crippen molar-refractivity contribution >= 4 is 26.8 Å². The summed E-state index contributed by atoms with van der Waals surface area (Å²) in [6.45, 7) is 9.58. The number of carbonyl (C=O) groups is 1. The fourth-order valence-corrected chi connectivity index (χ4v) is 6.12. The monoisotopic (exact) mass is 528 g/mol. The molecule has 2 aromatic carbocycles. The van der Waals surface area contributed by atoms with E-state index in [1.807, 2.05) is 18.3 Å². The molecule has 1 fully saturated rings. The van der Waals surface area contributed by atoms with Gasteiger partial charge in [-0.3, -0.25) is 4.79 Å². The summed E-state index contributed by atoms with van der Waals surface area (Å²) < 4.78 is 41.2. The summed E-state index contributed by atoms with van der Waals surface area (Å²) in [5, 5.41) is 4.29. The lowest BCUT2D eigenvalue weighted by molar-refractivity contribution is 0.100. The Bertz CT molecular complexity index is 1390. The molecule has 1 saturated heterocycles. The Kier molecular flexibility index (Phi) is 8.06. The minimum absolute atomic E-state index is 0.0899. The van der Waals surface area contributed by atoms with Gasteiger partial charge in [-0.25, -0.2) is 17.1 Å². The third-order valence-electron chi connectivity index (χ3n) is 7.71. The number of H-pyrrole nitrogens is 1. The van der Waals surface area contributed by atoms with Crippen LogP contribution in [0.2, 0.25) is 0 Å². The smallest absolute Gasteiger partial charge is 0.250 e. The van der Waals surface area contributed by atoms with Gasteiger partial charge in [-0.1, -0.05) is 19.9 Å². The van der Waals surface area contributed by atoms with Crippen LogP contribution in [0.1, 0.15) is 67.9 Å². The molecule has 1 aliphatic rings. The molecule has 7 nitrogen and oxygen atoms in total. The number of aromatic nitrogens is 1. The van der Waals surface area contributed by atoms with Gasteiger partial charge in [0, 0.05) is 42.8 Å². The molecule has 9 heteroatoms. The zero-order valence-corrected chi connectivity index (χ0v) is 22.8. The number of hydrogen-bond acceptors (Lipinski definition) is 4. The number of nitrogens with zero attached hydrogens (tertiary/aromatic N) is 1. The zero-order chi connectivity index (χ0) is 26.9. The normalized spacial score (nSPS) is 16.5. The number of benzene rings is 2. The number of amides is 1. The van der Waals surface area contributed by atoms with Crippen molar-refractivity contribution in [1.29, 1.82) is 0 Å². The number of primary amides is 1. The highest BCUT2D eigenvalue weighted by Crippen LogP contribution is 2.37. The summed E-state index contributed by atoms with van der Waals surface area (Å²) in [6, 6.07) is 8.92. The second-order valence-corrected chi connectivity index (χ2v) is 12.6. The minimum atomic E-state index is -3.22. The highest BCUT2D eigenvalue weighted by molar-refractivity contribution is 7.89. The van der Waals surface area contributed by atoms with E-state index in [1.54, 1.807) is 23.4 Å². The molecule has 3 aromatic rings. The number of fused-ring (bicyclic) bond motifs is 1. The van der Waals surface area contributed by atoms with Crippen LogP contribution in [0.4, 0.5) is 4.39 Å². The number of nitrogens with two attached hydrogens (primary N) is 1. The van der Waals surface area contributed by atoms with E-state index in [0.717, 1.165) is 16.5 Å². The molecule has 0 aliphatic carbocycles. The van der Waals surface area contributed by atoms with E-state index in [-0.39, 0.29) is 17.5 Å². The molecular formula is C28H37FN4O3S. The van der Waals surface area contributed by atoms with E-state index in [0.29, 0.717) is 66.6 Å². The first-order valence-electron chi connectivity index (χ1n) is 13.0. The first-order chi connectivity index (χ1) is 17.5. The van der Waals surface area contributed by atoms with Gasteiger partial charge < -0.3 is 16.0 Å². The van der Waals surface area contributed by atoms with Crippen LogP contribution in [0.15, 0.2) is 36.5 Å². The molecule has 1 aromatic heterocycles. The summed E-state index contributed by atoms with van der Waals surface area (Å²) in [4.78, 5) is 15.6. The number of piperidine rings is 1. The van der Waals surface area contributed by atoms with Gasteiger partial charge in [0.1, 0.15) is 5.82 Å². The molecule has 1 atom stereocenters. The third kappa shape index (κ3) is 5.73. The molecule has 0 unspecified atom stereocenters. The largest absolute Gasteiger partial charge is 0.366 e. The molecule has 200 valence electrons. The number of halogens is 1. The van der Waals surface area contributed by atoms with Gasteiger partial charge >= 0.3 is 0 Å². The lowest BCUT2D eigenvalue weighted by Gasteiger charge is -2.31. The van der Waals surface area contributed by atoms with Crippen molar-refractivity contribution in [2.75, 3.05) is 18.8 Å². The summed E-state index contributed by atoms with van der Waals surface area (Å²) >= 11 is 0. The Balaban J connectivity index is 1.70. The minimum Gasteiger partial charge on any atom is -0.366 e. The van der Waals surface area contributed by atoms with E-state index in [9.17, 15) is 13.2 Å². The molecule has 0 bridgehead atoms. The molecule has 2 heterocycles. The molecule has 37 heavy (non-hydrogen) atoms. The van der Waals surface area contributed by atoms with Gasteiger partial charge in [0.25, 0.3) is 5.91 Å². The van der Waals surface area contributed by atoms with E-state index in [2.05, 4.69) is 31.1 Å². The van der Waals surface area contributed by atoms with Gasteiger partial charge in [-0.05, 0) is 79.5 Å². The summed E-state index contributed by atoms with van der Waals surface area (Å²) in [7, 11) is -3.22. The Hall–Kier alpha value is -2.75. The molecule has 1 aliphatic heterocycles. The van der Waals surface area contributed by atoms with Crippen LogP contribution in [0.5, 0.6) is 0 Å².